The number of anilines is 1. The van der Waals surface area contributed by atoms with Crippen molar-refractivity contribution in [1.29, 1.82) is 0 Å². The van der Waals surface area contributed by atoms with E-state index >= 15 is 0 Å². The van der Waals surface area contributed by atoms with Gasteiger partial charge in [-0.25, -0.2) is 4.79 Å². The molecule has 0 atom stereocenters. The van der Waals surface area contributed by atoms with Crippen molar-refractivity contribution in [3.05, 3.63) is 62.5 Å². The van der Waals surface area contributed by atoms with Gasteiger partial charge in [-0.15, -0.1) is 0 Å². The Morgan fingerprint density at radius 2 is 1.95 bits per heavy atom. The van der Waals surface area contributed by atoms with Crippen molar-refractivity contribution in [2.75, 3.05) is 5.32 Å². The Morgan fingerprint density at radius 3 is 2.70 bits per heavy atom. The first kappa shape index (κ1) is 15.2. The second kappa shape index (κ2) is 6.97. The summed E-state index contributed by atoms with van der Waals surface area (Å²) in [6, 6.07) is 12.3. The number of carbonyl (C=O) groups is 1. The SMILES string of the molecule is O=C(NCc1cccc(Br)c1)Nc1cc(Cl)ccc1Cl. The molecule has 0 aliphatic rings. The van der Waals surface area contributed by atoms with E-state index in [1.54, 1.807) is 18.2 Å². The van der Waals surface area contributed by atoms with E-state index < -0.39 is 0 Å². The first-order chi connectivity index (χ1) is 9.54. The minimum atomic E-state index is -0.339. The smallest absolute Gasteiger partial charge is 0.319 e. The Balaban J connectivity index is 1.94. The molecule has 0 aliphatic carbocycles. The third kappa shape index (κ3) is 4.40. The van der Waals surface area contributed by atoms with Gasteiger partial charge in [0, 0.05) is 16.0 Å². The Bertz CT molecular complexity index is 634. The number of nitrogens with one attached hydrogen (secondary N) is 2. The third-order valence-electron chi connectivity index (χ3n) is 2.52. The van der Waals surface area contributed by atoms with Crippen LogP contribution in [-0.4, -0.2) is 6.03 Å². The van der Waals surface area contributed by atoms with Crippen LogP contribution in [0.4, 0.5) is 10.5 Å². The quantitative estimate of drug-likeness (QED) is 0.773. The Morgan fingerprint density at radius 1 is 1.15 bits per heavy atom. The topological polar surface area (TPSA) is 41.1 Å². The lowest BCUT2D eigenvalue weighted by molar-refractivity contribution is 0.251. The van der Waals surface area contributed by atoms with Gasteiger partial charge in [-0.1, -0.05) is 51.3 Å². The van der Waals surface area contributed by atoms with Crippen LogP contribution in [-0.2, 0) is 6.54 Å². The summed E-state index contributed by atoms with van der Waals surface area (Å²) in [6.45, 7) is 0.420. The van der Waals surface area contributed by atoms with Crippen molar-refractivity contribution in [3.8, 4) is 0 Å². The molecule has 2 N–H and O–H groups in total. The highest BCUT2D eigenvalue weighted by Crippen LogP contribution is 2.25. The number of benzene rings is 2. The summed E-state index contributed by atoms with van der Waals surface area (Å²) in [5, 5.41) is 6.35. The molecule has 2 aromatic carbocycles. The van der Waals surface area contributed by atoms with Crippen molar-refractivity contribution >= 4 is 50.9 Å². The second-order valence-electron chi connectivity index (χ2n) is 4.06. The first-order valence-electron chi connectivity index (χ1n) is 5.79. The lowest BCUT2D eigenvalue weighted by atomic mass is 10.2. The molecule has 0 aromatic heterocycles. The van der Waals surface area contributed by atoms with Crippen molar-refractivity contribution < 1.29 is 4.79 Å². The van der Waals surface area contributed by atoms with E-state index in [0.717, 1.165) is 10.0 Å². The Kier molecular flexibility index (Phi) is 5.29. The van der Waals surface area contributed by atoms with E-state index in [4.69, 9.17) is 23.2 Å². The molecule has 2 aromatic rings. The molecule has 3 nitrogen and oxygen atoms in total. The summed E-state index contributed by atoms with van der Waals surface area (Å²) >= 11 is 15.2. The molecule has 0 saturated heterocycles. The fourth-order valence-electron chi connectivity index (χ4n) is 1.59. The number of amides is 2. The van der Waals surface area contributed by atoms with Crippen LogP contribution in [0, 0.1) is 0 Å². The zero-order valence-electron chi connectivity index (χ0n) is 10.3. The highest BCUT2D eigenvalue weighted by Gasteiger charge is 2.06. The maximum atomic E-state index is 11.8. The average Bonchev–Trinajstić information content (AvgIpc) is 2.41. The van der Waals surface area contributed by atoms with Crippen molar-refractivity contribution in [1.82, 2.24) is 5.32 Å². The molecule has 0 aliphatic heterocycles. The number of urea groups is 1. The van der Waals surface area contributed by atoms with Gasteiger partial charge in [0.15, 0.2) is 0 Å². The number of hydrogen-bond acceptors (Lipinski definition) is 1. The third-order valence-corrected chi connectivity index (χ3v) is 3.58. The number of carbonyl (C=O) groups excluding carboxylic acids is 1. The Hall–Kier alpha value is -1.23. The van der Waals surface area contributed by atoms with E-state index in [1.807, 2.05) is 24.3 Å². The fraction of sp³-hybridized carbons (Fsp3) is 0.0714. The van der Waals surface area contributed by atoms with E-state index in [0.29, 0.717) is 22.3 Å². The van der Waals surface area contributed by atoms with Crippen molar-refractivity contribution in [3.63, 3.8) is 0 Å². The molecule has 6 heteroatoms. The predicted octanol–water partition coefficient (Wildman–Crippen LogP) is 5.08. The molecule has 20 heavy (non-hydrogen) atoms. The minimum absolute atomic E-state index is 0.339. The van der Waals surface area contributed by atoms with Gasteiger partial charge in [0.05, 0.1) is 10.7 Å². The molecule has 2 rings (SSSR count). The van der Waals surface area contributed by atoms with E-state index in [-0.39, 0.29) is 6.03 Å². The van der Waals surface area contributed by atoms with Crippen LogP contribution in [0.5, 0.6) is 0 Å². The van der Waals surface area contributed by atoms with Gasteiger partial charge in [-0.2, -0.15) is 0 Å². The molecule has 0 heterocycles. The zero-order valence-corrected chi connectivity index (χ0v) is 13.4. The first-order valence-corrected chi connectivity index (χ1v) is 7.34. The molecule has 0 saturated carbocycles. The maximum absolute atomic E-state index is 11.8. The molecule has 2 amide bonds. The summed E-state index contributed by atoms with van der Waals surface area (Å²) in [5.41, 5.74) is 1.47. The molecule has 0 unspecified atom stereocenters. The van der Waals surface area contributed by atoms with Gasteiger partial charge in [0.2, 0.25) is 0 Å². The second-order valence-corrected chi connectivity index (χ2v) is 5.82. The normalized spacial score (nSPS) is 10.2. The molecule has 0 radical (unpaired) electrons. The Labute approximate surface area is 135 Å². The van der Waals surface area contributed by atoms with Crippen LogP contribution >= 0.6 is 39.1 Å². The predicted molar refractivity (Wildman–Crippen MR) is 86.5 cm³/mol. The molecular formula is C14H11BrCl2N2O. The van der Waals surface area contributed by atoms with E-state index in [2.05, 4.69) is 26.6 Å². The van der Waals surface area contributed by atoms with E-state index in [1.165, 1.54) is 0 Å². The van der Waals surface area contributed by atoms with Gasteiger partial charge >= 0.3 is 6.03 Å². The molecule has 0 spiro atoms. The monoisotopic (exact) mass is 372 g/mol. The number of hydrogen-bond donors (Lipinski definition) is 2. The highest BCUT2D eigenvalue weighted by molar-refractivity contribution is 9.10. The van der Waals surface area contributed by atoms with Crippen LogP contribution in [0.25, 0.3) is 0 Å². The zero-order chi connectivity index (χ0) is 14.5. The maximum Gasteiger partial charge on any atom is 0.319 e. The van der Waals surface area contributed by atoms with E-state index in [9.17, 15) is 4.79 Å². The summed E-state index contributed by atoms with van der Waals surface area (Å²) < 4.78 is 0.968. The summed E-state index contributed by atoms with van der Waals surface area (Å²) in [7, 11) is 0. The van der Waals surface area contributed by atoms with Crippen LogP contribution in [0.15, 0.2) is 46.9 Å². The van der Waals surface area contributed by atoms with Crippen LogP contribution in [0.3, 0.4) is 0 Å². The van der Waals surface area contributed by atoms with Crippen LogP contribution in [0.2, 0.25) is 10.0 Å². The lowest BCUT2D eigenvalue weighted by Gasteiger charge is -2.09. The van der Waals surface area contributed by atoms with Crippen molar-refractivity contribution in [2.45, 2.75) is 6.54 Å². The van der Waals surface area contributed by atoms with Gasteiger partial charge in [0.1, 0.15) is 0 Å². The molecule has 104 valence electrons. The summed E-state index contributed by atoms with van der Waals surface area (Å²) in [6.07, 6.45) is 0. The number of rotatable bonds is 3. The van der Waals surface area contributed by atoms with Crippen LogP contribution < -0.4 is 10.6 Å². The molecular weight excluding hydrogens is 363 g/mol. The van der Waals surface area contributed by atoms with Gasteiger partial charge in [0.25, 0.3) is 0 Å². The largest absolute Gasteiger partial charge is 0.334 e. The molecule has 0 fully saturated rings. The van der Waals surface area contributed by atoms with Crippen molar-refractivity contribution in [2.24, 2.45) is 0 Å². The minimum Gasteiger partial charge on any atom is -0.334 e. The number of halogens is 3. The average molecular weight is 374 g/mol. The van der Waals surface area contributed by atoms with Crippen LogP contribution in [0.1, 0.15) is 5.56 Å². The lowest BCUT2D eigenvalue weighted by Crippen LogP contribution is -2.28. The van der Waals surface area contributed by atoms with Gasteiger partial charge in [-0.05, 0) is 35.9 Å². The summed E-state index contributed by atoms with van der Waals surface area (Å²) in [5.74, 6) is 0. The highest BCUT2D eigenvalue weighted by atomic mass is 79.9. The van der Waals surface area contributed by atoms with Gasteiger partial charge in [-0.3, -0.25) is 0 Å². The fourth-order valence-corrected chi connectivity index (χ4v) is 2.37. The van der Waals surface area contributed by atoms with Gasteiger partial charge < -0.3 is 10.6 Å². The summed E-state index contributed by atoms with van der Waals surface area (Å²) in [4.78, 5) is 11.8. The molecule has 0 bridgehead atoms. The standard InChI is InChI=1S/C14H11BrCl2N2O/c15-10-3-1-2-9(6-10)8-18-14(20)19-13-7-11(16)4-5-12(13)17/h1-7H,8H2,(H2,18,19,20).